The van der Waals surface area contributed by atoms with Crippen molar-refractivity contribution in [3.63, 3.8) is 0 Å². The molecular formula is C13H16O3. The van der Waals surface area contributed by atoms with Crippen LogP contribution >= 0.6 is 0 Å². The fourth-order valence-electron chi connectivity index (χ4n) is 1.50. The zero-order valence-electron chi connectivity index (χ0n) is 9.22. The number of benzene rings is 1. The largest absolute Gasteiger partial charge is 0.466 e. The van der Waals surface area contributed by atoms with Crippen molar-refractivity contribution in [1.29, 1.82) is 0 Å². The van der Waals surface area contributed by atoms with Crippen LogP contribution in [-0.2, 0) is 20.7 Å². The molecule has 1 atom stereocenters. The maximum atomic E-state index is 11.4. The third kappa shape index (κ3) is 4.03. The van der Waals surface area contributed by atoms with Gasteiger partial charge in [-0.15, -0.1) is 0 Å². The van der Waals surface area contributed by atoms with E-state index in [9.17, 15) is 4.79 Å². The Labute approximate surface area is 95.4 Å². The van der Waals surface area contributed by atoms with E-state index in [1.54, 1.807) is 0 Å². The fourth-order valence-corrected chi connectivity index (χ4v) is 1.50. The molecular weight excluding hydrogens is 206 g/mol. The Morgan fingerprint density at radius 1 is 1.38 bits per heavy atom. The van der Waals surface area contributed by atoms with Crippen LogP contribution in [0.25, 0.3) is 0 Å². The van der Waals surface area contributed by atoms with Crippen LogP contribution in [0.5, 0.6) is 0 Å². The van der Waals surface area contributed by atoms with Crippen molar-refractivity contribution < 1.29 is 14.3 Å². The molecule has 3 nitrogen and oxygen atoms in total. The summed E-state index contributed by atoms with van der Waals surface area (Å²) in [6.45, 7) is 1.31. The van der Waals surface area contributed by atoms with Gasteiger partial charge in [-0.05, 0) is 12.0 Å². The van der Waals surface area contributed by atoms with Crippen molar-refractivity contribution >= 4 is 5.97 Å². The van der Waals surface area contributed by atoms with Gasteiger partial charge in [-0.1, -0.05) is 30.3 Å². The normalized spacial score (nSPS) is 18.1. The van der Waals surface area contributed by atoms with E-state index in [2.05, 4.69) is 0 Å². The molecule has 1 fully saturated rings. The molecule has 86 valence electrons. The van der Waals surface area contributed by atoms with Crippen LogP contribution in [0.15, 0.2) is 30.3 Å². The summed E-state index contributed by atoms with van der Waals surface area (Å²) in [5, 5.41) is 0. The molecule has 0 N–H and O–H groups in total. The molecule has 0 aliphatic carbocycles. The van der Waals surface area contributed by atoms with Gasteiger partial charge >= 0.3 is 5.97 Å². The average molecular weight is 222 g/mol. The van der Waals surface area contributed by atoms with Gasteiger partial charge in [-0.25, -0.2) is 0 Å². The number of ether oxygens (including phenoxy) is 2. The third-order valence-corrected chi connectivity index (χ3v) is 2.57. The summed E-state index contributed by atoms with van der Waals surface area (Å²) in [6.07, 6.45) is 2.37. The first-order valence-electron chi connectivity index (χ1n) is 5.66. The lowest BCUT2D eigenvalue weighted by molar-refractivity contribution is -0.143. The van der Waals surface area contributed by atoms with Gasteiger partial charge in [0.2, 0.25) is 0 Å². The minimum Gasteiger partial charge on any atom is -0.466 e. The highest BCUT2D eigenvalue weighted by atomic mass is 18.1. The predicted octanol–water partition coefficient (Wildman–Crippen LogP) is 1.95. The lowest BCUT2D eigenvalue weighted by Gasteiger charge is -2.03. The molecule has 1 saturated heterocycles. The van der Waals surface area contributed by atoms with Gasteiger partial charge in [-0.3, -0.25) is 4.79 Å². The summed E-state index contributed by atoms with van der Waals surface area (Å²) in [5.41, 5.74) is 1.17. The first kappa shape index (κ1) is 11.1. The zero-order chi connectivity index (χ0) is 11.2. The highest BCUT2D eigenvalue weighted by Crippen LogP contribution is 2.13. The average Bonchev–Trinajstić information content (AvgIpc) is 3.12. The number of esters is 1. The second-order valence-electron chi connectivity index (χ2n) is 3.95. The number of hydrogen-bond acceptors (Lipinski definition) is 3. The number of hydrogen-bond donors (Lipinski definition) is 0. The molecule has 1 aliphatic heterocycles. The zero-order valence-corrected chi connectivity index (χ0v) is 9.22. The molecule has 1 aliphatic rings. The third-order valence-electron chi connectivity index (χ3n) is 2.57. The van der Waals surface area contributed by atoms with E-state index in [0.29, 0.717) is 19.1 Å². The van der Waals surface area contributed by atoms with Gasteiger partial charge in [0, 0.05) is 12.8 Å². The van der Waals surface area contributed by atoms with E-state index in [1.165, 1.54) is 5.56 Å². The quantitative estimate of drug-likeness (QED) is 0.419. The summed E-state index contributed by atoms with van der Waals surface area (Å²) in [5.74, 6) is -0.121. The van der Waals surface area contributed by atoms with Gasteiger partial charge in [-0.2, -0.15) is 0 Å². The van der Waals surface area contributed by atoms with Crippen LogP contribution in [0, 0.1) is 0 Å². The molecule has 0 radical (unpaired) electrons. The molecule has 1 aromatic carbocycles. The first-order chi connectivity index (χ1) is 7.84. The van der Waals surface area contributed by atoms with Crippen LogP contribution < -0.4 is 0 Å². The van der Waals surface area contributed by atoms with Crippen molar-refractivity contribution in [2.24, 2.45) is 0 Å². The van der Waals surface area contributed by atoms with E-state index >= 15 is 0 Å². The van der Waals surface area contributed by atoms with Crippen LogP contribution in [0.4, 0.5) is 0 Å². The summed E-state index contributed by atoms with van der Waals surface area (Å²) in [7, 11) is 0. The van der Waals surface area contributed by atoms with E-state index < -0.39 is 0 Å². The van der Waals surface area contributed by atoms with Crippen molar-refractivity contribution in [1.82, 2.24) is 0 Å². The minimum absolute atomic E-state index is 0.121. The topological polar surface area (TPSA) is 38.8 Å². The molecule has 0 bridgehead atoms. The highest BCUT2D eigenvalue weighted by Gasteiger charge is 2.22. The maximum absolute atomic E-state index is 11.4. The molecule has 1 heterocycles. The summed E-state index contributed by atoms with van der Waals surface area (Å²) in [6, 6.07) is 9.96. The molecule has 0 aromatic heterocycles. The Hall–Kier alpha value is -1.35. The molecule has 2 rings (SSSR count). The number of carbonyl (C=O) groups excluding carboxylic acids is 1. The summed E-state index contributed by atoms with van der Waals surface area (Å²) >= 11 is 0. The lowest BCUT2D eigenvalue weighted by atomic mass is 10.1. The van der Waals surface area contributed by atoms with Gasteiger partial charge in [0.05, 0.1) is 19.3 Å². The fraction of sp³-hybridized carbons (Fsp3) is 0.462. The van der Waals surface area contributed by atoms with Gasteiger partial charge in [0.25, 0.3) is 0 Å². The Kier molecular flexibility index (Phi) is 3.94. The monoisotopic (exact) mass is 222 g/mol. The number of carbonyl (C=O) groups is 1. The Bertz CT molecular complexity index is 330. The van der Waals surface area contributed by atoms with Crippen molar-refractivity contribution in [2.45, 2.75) is 25.4 Å². The molecule has 16 heavy (non-hydrogen) atoms. The van der Waals surface area contributed by atoms with E-state index in [4.69, 9.17) is 9.47 Å². The Morgan fingerprint density at radius 2 is 2.12 bits per heavy atom. The number of epoxide rings is 1. The van der Waals surface area contributed by atoms with E-state index in [0.717, 1.165) is 19.4 Å². The second-order valence-corrected chi connectivity index (χ2v) is 3.95. The smallest absolute Gasteiger partial charge is 0.306 e. The van der Waals surface area contributed by atoms with Gasteiger partial charge in [0.15, 0.2) is 0 Å². The molecule has 1 unspecified atom stereocenters. The van der Waals surface area contributed by atoms with Gasteiger partial charge in [0.1, 0.15) is 0 Å². The molecule has 1 aromatic rings. The molecule has 0 spiro atoms. The predicted molar refractivity (Wildman–Crippen MR) is 60.1 cm³/mol. The summed E-state index contributed by atoms with van der Waals surface area (Å²) in [4.78, 5) is 11.4. The molecule has 0 amide bonds. The van der Waals surface area contributed by atoms with Crippen LogP contribution in [0.2, 0.25) is 0 Å². The maximum Gasteiger partial charge on any atom is 0.306 e. The van der Waals surface area contributed by atoms with E-state index in [-0.39, 0.29) is 5.97 Å². The van der Waals surface area contributed by atoms with Gasteiger partial charge < -0.3 is 9.47 Å². The van der Waals surface area contributed by atoms with Crippen molar-refractivity contribution in [3.8, 4) is 0 Å². The summed E-state index contributed by atoms with van der Waals surface area (Å²) < 4.78 is 10.1. The SMILES string of the molecule is [18O]=C(CCc1ccccc1)OCCC1CO1. The van der Waals surface area contributed by atoms with Crippen LogP contribution in [-0.4, -0.2) is 25.3 Å². The Balaban J connectivity index is 1.59. The van der Waals surface area contributed by atoms with Crippen molar-refractivity contribution in [2.75, 3.05) is 13.2 Å². The standard InChI is InChI=1S/C13H16O3/c14-13(15-9-8-12-10-16-12)7-6-11-4-2-1-3-5-11/h1-5,12H,6-10H2/i14+2. The van der Waals surface area contributed by atoms with Crippen LogP contribution in [0.3, 0.4) is 0 Å². The minimum atomic E-state index is -0.121. The first-order valence-corrected chi connectivity index (χ1v) is 5.66. The molecule has 0 saturated carbocycles. The van der Waals surface area contributed by atoms with E-state index in [1.807, 2.05) is 30.3 Å². The highest BCUT2D eigenvalue weighted by molar-refractivity contribution is 5.69. The lowest BCUT2D eigenvalue weighted by Crippen LogP contribution is -2.08. The molecule has 3 heteroatoms. The van der Waals surface area contributed by atoms with Crippen molar-refractivity contribution in [3.05, 3.63) is 35.9 Å². The second kappa shape index (κ2) is 5.66. The van der Waals surface area contributed by atoms with Crippen LogP contribution in [0.1, 0.15) is 18.4 Å². The number of rotatable bonds is 6. The number of aryl methyl sites for hydroxylation is 1. The Morgan fingerprint density at radius 3 is 2.81 bits per heavy atom.